The number of nitrogens with zero attached hydrogens (tertiary/aromatic N) is 2. The first-order valence-electron chi connectivity index (χ1n) is 8.53. The van der Waals surface area contributed by atoms with Crippen LogP contribution in [-0.2, 0) is 19.1 Å². The molecule has 2 aliphatic rings. The van der Waals surface area contributed by atoms with Crippen LogP contribution in [0.25, 0.3) is 0 Å². The molecule has 0 aromatic heterocycles. The van der Waals surface area contributed by atoms with Crippen LogP contribution in [0, 0.1) is 11.3 Å². The average Bonchev–Trinajstić information content (AvgIpc) is 3.03. The molecule has 2 aliphatic heterocycles. The molecule has 2 amide bonds. The molecule has 2 atom stereocenters. The molecule has 2 heterocycles. The summed E-state index contributed by atoms with van der Waals surface area (Å²) in [5.41, 5.74) is 6.93. The van der Waals surface area contributed by atoms with E-state index < -0.39 is 29.0 Å². The number of fused-ring (bicyclic) bond motifs is 1. The van der Waals surface area contributed by atoms with Crippen LogP contribution < -0.4 is 11.1 Å². The van der Waals surface area contributed by atoms with Crippen molar-refractivity contribution in [1.29, 1.82) is 5.26 Å². The molecule has 10 heteroatoms. The summed E-state index contributed by atoms with van der Waals surface area (Å²) in [6.07, 6.45) is -0.188. The first-order chi connectivity index (χ1) is 13.8. The second kappa shape index (κ2) is 8.19. The maximum Gasteiger partial charge on any atom is 0.307 e. The minimum Gasteiger partial charge on any atom is -0.469 e. The number of nitrogens with one attached hydrogen (secondary N) is 1. The van der Waals surface area contributed by atoms with Gasteiger partial charge in [0.15, 0.2) is 0 Å². The molecule has 3 N–H and O–H groups in total. The highest BCUT2D eigenvalue weighted by atomic mass is 35.5. The number of nitrogens with two attached hydrogens (primary N) is 1. The fourth-order valence-corrected chi connectivity index (χ4v) is 4.87. The number of benzene rings is 1. The lowest BCUT2D eigenvalue weighted by Crippen LogP contribution is -2.39. The third-order valence-corrected chi connectivity index (χ3v) is 6.29. The van der Waals surface area contributed by atoms with Crippen molar-refractivity contribution in [3.63, 3.8) is 0 Å². The van der Waals surface area contributed by atoms with Crippen molar-refractivity contribution in [2.24, 2.45) is 5.73 Å². The molecule has 0 bridgehead atoms. The van der Waals surface area contributed by atoms with E-state index >= 15 is 0 Å². The topological polar surface area (TPSA) is 126 Å². The molecule has 0 spiro atoms. The number of esters is 1. The summed E-state index contributed by atoms with van der Waals surface area (Å²) in [7, 11) is 2.68. The van der Waals surface area contributed by atoms with E-state index in [-0.39, 0.29) is 28.4 Å². The first kappa shape index (κ1) is 20.8. The molecule has 8 nitrogen and oxygen atoms in total. The number of nitriles is 1. The van der Waals surface area contributed by atoms with Gasteiger partial charge in [0.25, 0.3) is 5.91 Å². The molecule has 0 radical (unpaired) electrons. The summed E-state index contributed by atoms with van der Waals surface area (Å²) in [6, 6.07) is 8.83. The Balaban J connectivity index is 2.23. The molecule has 1 aromatic rings. The molecular formula is C19H17ClN4O4S. The molecular weight excluding hydrogens is 416 g/mol. The lowest BCUT2D eigenvalue weighted by molar-refractivity contribution is -0.142. The maximum absolute atomic E-state index is 12.9. The monoisotopic (exact) mass is 432 g/mol. The summed E-state index contributed by atoms with van der Waals surface area (Å²) in [6.45, 7) is 0. The van der Waals surface area contributed by atoms with Gasteiger partial charge < -0.3 is 15.8 Å². The summed E-state index contributed by atoms with van der Waals surface area (Å²) < 4.78 is 4.65. The van der Waals surface area contributed by atoms with Gasteiger partial charge in [0.05, 0.1) is 41.7 Å². The number of hydrogen-bond donors (Lipinski definition) is 2. The van der Waals surface area contributed by atoms with E-state index in [9.17, 15) is 19.6 Å². The van der Waals surface area contributed by atoms with Gasteiger partial charge in [-0.3, -0.25) is 19.3 Å². The van der Waals surface area contributed by atoms with Crippen LogP contribution in [0.15, 0.2) is 46.3 Å². The molecule has 3 rings (SSSR count). The fourth-order valence-electron chi connectivity index (χ4n) is 3.30. The van der Waals surface area contributed by atoms with Gasteiger partial charge in [-0.05, 0) is 11.6 Å². The highest BCUT2D eigenvalue weighted by Gasteiger charge is 2.48. The zero-order chi connectivity index (χ0) is 21.3. The van der Waals surface area contributed by atoms with Crippen LogP contribution in [0.3, 0.4) is 0 Å². The number of thioether (sulfide) groups is 1. The van der Waals surface area contributed by atoms with Crippen LogP contribution in [0.2, 0.25) is 5.02 Å². The Morgan fingerprint density at radius 3 is 2.69 bits per heavy atom. The third-order valence-electron chi connectivity index (χ3n) is 4.67. The highest BCUT2D eigenvalue weighted by Crippen LogP contribution is 2.50. The Hall–Kier alpha value is -2.96. The van der Waals surface area contributed by atoms with Crippen molar-refractivity contribution >= 4 is 41.1 Å². The fraction of sp³-hybridized carbons (Fsp3) is 0.263. The van der Waals surface area contributed by atoms with Gasteiger partial charge in [0.1, 0.15) is 11.1 Å². The van der Waals surface area contributed by atoms with Crippen molar-refractivity contribution in [3.05, 3.63) is 56.8 Å². The van der Waals surface area contributed by atoms with Crippen molar-refractivity contribution in [3.8, 4) is 6.07 Å². The number of carbonyl (C=O) groups is 3. The third kappa shape index (κ3) is 3.45. The SMILES string of the molecule is CNC(=O)C1=C2S[C@H](CC(=O)OC)C(=O)N2C(N)=C(C#N)[C@@H]1c1ccccc1Cl. The largest absolute Gasteiger partial charge is 0.469 e. The number of ether oxygens (including phenoxy) is 1. The van der Waals surface area contributed by atoms with Crippen LogP contribution >= 0.6 is 23.4 Å². The summed E-state index contributed by atoms with van der Waals surface area (Å²) in [5, 5.41) is 12.2. The van der Waals surface area contributed by atoms with Crippen molar-refractivity contribution in [2.45, 2.75) is 17.6 Å². The van der Waals surface area contributed by atoms with E-state index in [1.54, 1.807) is 24.3 Å². The lowest BCUT2D eigenvalue weighted by atomic mass is 9.82. The Morgan fingerprint density at radius 2 is 2.10 bits per heavy atom. The lowest BCUT2D eigenvalue weighted by Gasteiger charge is -2.32. The van der Waals surface area contributed by atoms with Gasteiger partial charge in [0, 0.05) is 12.1 Å². The Bertz CT molecular complexity index is 1010. The minimum absolute atomic E-state index is 0.0353. The molecule has 150 valence electrons. The predicted molar refractivity (Wildman–Crippen MR) is 107 cm³/mol. The normalized spacial score (nSPS) is 21.0. The van der Waals surface area contributed by atoms with Crippen molar-refractivity contribution < 1.29 is 19.1 Å². The van der Waals surface area contributed by atoms with E-state index in [1.807, 2.05) is 6.07 Å². The van der Waals surface area contributed by atoms with Gasteiger partial charge in [0.2, 0.25) is 5.91 Å². The number of allylic oxidation sites excluding steroid dienone is 1. The number of amides is 2. The van der Waals surface area contributed by atoms with Gasteiger partial charge in [-0.1, -0.05) is 41.6 Å². The number of carbonyl (C=O) groups excluding carboxylic acids is 3. The molecule has 1 fully saturated rings. The summed E-state index contributed by atoms with van der Waals surface area (Å²) >= 11 is 7.40. The molecule has 0 saturated carbocycles. The summed E-state index contributed by atoms with van der Waals surface area (Å²) in [5.74, 6) is -2.46. The molecule has 29 heavy (non-hydrogen) atoms. The number of methoxy groups -OCH3 is 1. The van der Waals surface area contributed by atoms with Crippen molar-refractivity contribution in [2.75, 3.05) is 14.2 Å². The Morgan fingerprint density at radius 1 is 1.41 bits per heavy atom. The number of likely N-dealkylation sites (N-methyl/N-ethyl adjacent to an activating group) is 1. The standard InChI is InChI=1S/C19H17ClN4O4S/c1-23-17(26)15-14(9-5-3-4-6-11(9)20)10(8-21)16(22)24-18(27)12(29-19(15)24)7-13(25)28-2/h3-6,12,14H,7,22H2,1-2H3,(H,23,26)/t12-,14+/m1/s1. The van der Waals surface area contributed by atoms with Crippen LogP contribution in [0.1, 0.15) is 17.9 Å². The van der Waals surface area contributed by atoms with E-state index in [0.717, 1.165) is 16.7 Å². The molecule has 0 aliphatic carbocycles. The number of rotatable bonds is 4. The van der Waals surface area contributed by atoms with E-state index in [1.165, 1.54) is 14.2 Å². The maximum atomic E-state index is 12.9. The Labute approximate surface area is 176 Å². The smallest absolute Gasteiger partial charge is 0.307 e. The quantitative estimate of drug-likeness (QED) is 0.692. The second-order valence-electron chi connectivity index (χ2n) is 6.22. The second-order valence-corrected chi connectivity index (χ2v) is 7.82. The minimum atomic E-state index is -0.850. The zero-order valence-corrected chi connectivity index (χ0v) is 17.1. The Kier molecular flexibility index (Phi) is 5.86. The van der Waals surface area contributed by atoms with E-state index in [0.29, 0.717) is 10.6 Å². The van der Waals surface area contributed by atoms with Gasteiger partial charge in [-0.15, -0.1) is 0 Å². The number of hydrogen-bond acceptors (Lipinski definition) is 7. The van der Waals surface area contributed by atoms with Gasteiger partial charge in [-0.2, -0.15) is 5.26 Å². The van der Waals surface area contributed by atoms with Gasteiger partial charge in [-0.25, -0.2) is 0 Å². The van der Waals surface area contributed by atoms with Crippen LogP contribution in [-0.4, -0.2) is 42.1 Å². The number of halogens is 1. The van der Waals surface area contributed by atoms with Gasteiger partial charge >= 0.3 is 5.97 Å². The zero-order valence-electron chi connectivity index (χ0n) is 15.6. The molecule has 1 aromatic carbocycles. The predicted octanol–water partition coefficient (Wildman–Crippen LogP) is 1.60. The summed E-state index contributed by atoms with van der Waals surface area (Å²) in [4.78, 5) is 38.6. The molecule has 0 unspecified atom stereocenters. The van der Waals surface area contributed by atoms with E-state index in [4.69, 9.17) is 17.3 Å². The van der Waals surface area contributed by atoms with E-state index in [2.05, 4.69) is 10.1 Å². The highest BCUT2D eigenvalue weighted by molar-refractivity contribution is 8.04. The average molecular weight is 433 g/mol. The first-order valence-corrected chi connectivity index (χ1v) is 9.79. The molecule has 1 saturated heterocycles. The van der Waals surface area contributed by atoms with Crippen LogP contribution in [0.4, 0.5) is 0 Å². The van der Waals surface area contributed by atoms with Crippen molar-refractivity contribution in [1.82, 2.24) is 10.2 Å². The van der Waals surface area contributed by atoms with Crippen LogP contribution in [0.5, 0.6) is 0 Å².